The number of halogens is 2. The molecule has 0 N–H and O–H groups in total. The first-order chi connectivity index (χ1) is 8.84. The van der Waals surface area contributed by atoms with Gasteiger partial charge in [-0.05, 0) is 46.3 Å². The van der Waals surface area contributed by atoms with Crippen molar-refractivity contribution in [3.05, 3.63) is 34.1 Å². The third-order valence-electron chi connectivity index (χ3n) is 4.40. The molecule has 0 radical (unpaired) electrons. The monoisotopic (exact) mass is 326 g/mol. The van der Waals surface area contributed by atoms with Gasteiger partial charge in [0.25, 0.3) is 0 Å². The van der Waals surface area contributed by atoms with E-state index in [0.29, 0.717) is 22.4 Å². The number of ketones is 1. The molecule has 0 spiro atoms. The zero-order chi connectivity index (χ0) is 14.2. The van der Waals surface area contributed by atoms with Crippen LogP contribution in [-0.4, -0.2) is 5.78 Å². The summed E-state index contributed by atoms with van der Waals surface area (Å²) >= 11 is 3.23. The van der Waals surface area contributed by atoms with Gasteiger partial charge in [0.1, 0.15) is 11.6 Å². The summed E-state index contributed by atoms with van der Waals surface area (Å²) in [5, 5.41) is 0. The fourth-order valence-corrected chi connectivity index (χ4v) is 3.52. The second-order valence-electron chi connectivity index (χ2n) is 6.23. The van der Waals surface area contributed by atoms with E-state index in [2.05, 4.69) is 22.9 Å². The number of hydrogen-bond donors (Lipinski definition) is 0. The van der Waals surface area contributed by atoms with Crippen molar-refractivity contribution >= 4 is 21.7 Å². The summed E-state index contributed by atoms with van der Waals surface area (Å²) in [6.07, 6.45) is 2.54. The number of rotatable bonds is 2. The zero-order valence-electron chi connectivity index (χ0n) is 11.7. The molecule has 19 heavy (non-hydrogen) atoms. The summed E-state index contributed by atoms with van der Waals surface area (Å²) in [5.74, 6) is 0.432. The highest BCUT2D eigenvalue weighted by Crippen LogP contribution is 2.42. The second-order valence-corrected chi connectivity index (χ2v) is 7.08. The van der Waals surface area contributed by atoms with Crippen LogP contribution in [0.2, 0.25) is 0 Å². The van der Waals surface area contributed by atoms with Gasteiger partial charge < -0.3 is 0 Å². The van der Waals surface area contributed by atoms with Crippen molar-refractivity contribution in [2.24, 2.45) is 11.8 Å². The Hall–Kier alpha value is -0.700. The molecule has 1 fully saturated rings. The molecule has 0 saturated heterocycles. The van der Waals surface area contributed by atoms with Crippen LogP contribution in [0.5, 0.6) is 0 Å². The lowest BCUT2D eigenvalue weighted by atomic mass is 9.65. The van der Waals surface area contributed by atoms with Crippen molar-refractivity contribution in [2.45, 2.75) is 45.4 Å². The summed E-state index contributed by atoms with van der Waals surface area (Å²) in [4.78, 5) is 12.3. The van der Waals surface area contributed by atoms with Crippen LogP contribution in [0, 0.1) is 17.7 Å². The van der Waals surface area contributed by atoms with E-state index in [1.165, 1.54) is 0 Å². The van der Waals surface area contributed by atoms with Gasteiger partial charge in [0.2, 0.25) is 0 Å². The average Bonchev–Trinajstić information content (AvgIpc) is 2.31. The van der Waals surface area contributed by atoms with Crippen molar-refractivity contribution in [3.8, 4) is 0 Å². The largest absolute Gasteiger partial charge is 0.299 e. The molecule has 0 aliphatic heterocycles. The van der Waals surface area contributed by atoms with Gasteiger partial charge in [0, 0.05) is 17.8 Å². The van der Waals surface area contributed by atoms with E-state index in [1.54, 1.807) is 12.1 Å². The lowest BCUT2D eigenvalue weighted by Crippen LogP contribution is -2.39. The predicted octanol–water partition coefficient (Wildman–Crippen LogP) is 4.87. The molecule has 3 heteroatoms. The highest BCUT2D eigenvalue weighted by Gasteiger charge is 2.40. The van der Waals surface area contributed by atoms with E-state index in [4.69, 9.17) is 0 Å². The first kappa shape index (κ1) is 14.7. The van der Waals surface area contributed by atoms with Crippen LogP contribution in [-0.2, 0) is 10.2 Å². The Labute approximate surface area is 122 Å². The van der Waals surface area contributed by atoms with E-state index >= 15 is 0 Å². The fraction of sp³-hybridized carbons (Fsp3) is 0.562. The van der Waals surface area contributed by atoms with Crippen molar-refractivity contribution in [2.75, 3.05) is 0 Å². The lowest BCUT2D eigenvalue weighted by molar-refractivity contribution is -0.128. The first-order valence-corrected chi connectivity index (χ1v) is 7.60. The van der Waals surface area contributed by atoms with Crippen molar-refractivity contribution < 1.29 is 9.18 Å². The molecule has 0 bridgehead atoms. The minimum absolute atomic E-state index is 0.0764. The maximum atomic E-state index is 14.3. The van der Waals surface area contributed by atoms with Crippen LogP contribution >= 0.6 is 15.9 Å². The van der Waals surface area contributed by atoms with Crippen LogP contribution in [0.3, 0.4) is 0 Å². The Bertz CT molecular complexity index is 496. The van der Waals surface area contributed by atoms with Crippen molar-refractivity contribution in [1.82, 2.24) is 0 Å². The summed E-state index contributed by atoms with van der Waals surface area (Å²) in [6, 6.07) is 5.32. The van der Waals surface area contributed by atoms with Gasteiger partial charge in [-0.3, -0.25) is 4.79 Å². The number of Topliss-reactive ketones (excluding diaryl/α,β-unsaturated/α-hetero) is 1. The van der Waals surface area contributed by atoms with Gasteiger partial charge in [0.15, 0.2) is 0 Å². The van der Waals surface area contributed by atoms with Crippen molar-refractivity contribution in [3.63, 3.8) is 0 Å². The summed E-state index contributed by atoms with van der Waals surface area (Å²) in [7, 11) is 0. The molecular formula is C16H20BrFO. The van der Waals surface area contributed by atoms with Crippen LogP contribution in [0.1, 0.15) is 45.6 Å². The van der Waals surface area contributed by atoms with Gasteiger partial charge in [-0.1, -0.05) is 32.9 Å². The maximum Gasteiger partial charge on any atom is 0.141 e. The molecule has 2 atom stereocenters. The standard InChI is InChI=1S/C16H20BrFO/c1-10-7-8-11(14(19)9-10)16(2,3)12-5-4-6-13(17)15(12)18/h4-6,10-11H,7-9H2,1-3H3. The van der Waals surface area contributed by atoms with Gasteiger partial charge in [0.05, 0.1) is 4.47 Å². The minimum Gasteiger partial charge on any atom is -0.299 e. The van der Waals surface area contributed by atoms with Crippen LogP contribution in [0.4, 0.5) is 4.39 Å². The van der Waals surface area contributed by atoms with Crippen LogP contribution < -0.4 is 0 Å². The van der Waals surface area contributed by atoms with Crippen LogP contribution in [0.15, 0.2) is 22.7 Å². The smallest absolute Gasteiger partial charge is 0.141 e. The maximum absolute atomic E-state index is 14.3. The van der Waals surface area contributed by atoms with E-state index in [1.807, 2.05) is 19.9 Å². The molecule has 0 amide bonds. The topological polar surface area (TPSA) is 17.1 Å². The molecule has 1 aliphatic rings. The predicted molar refractivity (Wildman–Crippen MR) is 78.6 cm³/mol. The summed E-state index contributed by atoms with van der Waals surface area (Å²) in [5.41, 5.74) is 0.181. The highest BCUT2D eigenvalue weighted by molar-refractivity contribution is 9.10. The van der Waals surface area contributed by atoms with E-state index in [0.717, 1.165) is 12.8 Å². The Morgan fingerprint density at radius 3 is 2.63 bits per heavy atom. The second kappa shape index (κ2) is 5.35. The Morgan fingerprint density at radius 2 is 2.00 bits per heavy atom. The summed E-state index contributed by atoms with van der Waals surface area (Å²) in [6.45, 7) is 6.08. The first-order valence-electron chi connectivity index (χ1n) is 6.81. The Balaban J connectivity index is 2.36. The normalized spacial score (nSPS) is 24.6. The van der Waals surface area contributed by atoms with Crippen molar-refractivity contribution in [1.29, 1.82) is 0 Å². The molecule has 2 unspecified atom stereocenters. The molecule has 0 aromatic heterocycles. The lowest BCUT2D eigenvalue weighted by Gasteiger charge is -2.38. The fourth-order valence-electron chi connectivity index (χ4n) is 3.15. The van der Waals surface area contributed by atoms with Crippen LogP contribution in [0.25, 0.3) is 0 Å². The molecule has 0 heterocycles. The molecule has 2 rings (SSSR count). The molecule has 1 aliphatic carbocycles. The quantitative estimate of drug-likeness (QED) is 0.757. The molecule has 1 nitrogen and oxygen atoms in total. The zero-order valence-corrected chi connectivity index (χ0v) is 13.3. The highest BCUT2D eigenvalue weighted by atomic mass is 79.9. The van der Waals surface area contributed by atoms with E-state index < -0.39 is 5.41 Å². The van der Waals surface area contributed by atoms with Gasteiger partial charge >= 0.3 is 0 Å². The Kier molecular flexibility index (Phi) is 4.14. The van der Waals surface area contributed by atoms with E-state index in [9.17, 15) is 9.18 Å². The van der Waals surface area contributed by atoms with Gasteiger partial charge in [-0.2, -0.15) is 0 Å². The Morgan fingerprint density at radius 1 is 1.32 bits per heavy atom. The number of hydrogen-bond acceptors (Lipinski definition) is 1. The SMILES string of the molecule is CC1CCC(C(C)(C)c2cccc(Br)c2F)C(=O)C1. The molecule has 104 valence electrons. The average molecular weight is 327 g/mol. The van der Waals surface area contributed by atoms with Gasteiger partial charge in [-0.25, -0.2) is 4.39 Å². The molecular weight excluding hydrogens is 307 g/mol. The molecule has 1 aromatic rings. The minimum atomic E-state index is -0.453. The molecule has 1 saturated carbocycles. The summed E-state index contributed by atoms with van der Waals surface area (Å²) < 4.78 is 14.8. The van der Waals surface area contributed by atoms with E-state index in [-0.39, 0.29) is 17.5 Å². The van der Waals surface area contributed by atoms with Gasteiger partial charge in [-0.15, -0.1) is 0 Å². The number of carbonyl (C=O) groups excluding carboxylic acids is 1. The number of carbonyl (C=O) groups is 1. The molecule has 1 aromatic carbocycles. The third kappa shape index (κ3) is 2.76. The third-order valence-corrected chi connectivity index (χ3v) is 5.02. The number of benzene rings is 1.